The Morgan fingerprint density at radius 2 is 2.17 bits per heavy atom. The van der Waals surface area contributed by atoms with Crippen LogP contribution in [0.4, 0.5) is 0 Å². The molecule has 1 aliphatic heterocycles. The summed E-state index contributed by atoms with van der Waals surface area (Å²) in [5.74, 6) is 0.546. The van der Waals surface area contributed by atoms with Crippen LogP contribution >= 0.6 is 0 Å². The molecule has 0 aromatic rings. The molecule has 4 heteroatoms. The third kappa shape index (κ3) is 1.25. The number of ether oxygens (including phenoxy) is 1. The average molecular weight is 252 g/mol. The topological polar surface area (TPSA) is 66.8 Å². The van der Waals surface area contributed by atoms with Crippen LogP contribution in [0, 0.1) is 23.2 Å². The van der Waals surface area contributed by atoms with Gasteiger partial charge in [-0.3, -0.25) is 4.79 Å². The SMILES string of the molecule is C[C@H]1CC[C@H]2[C@@H](C=C[C@]3(O)[C@@H](O)OC(=O)[C@]23C)C1. The molecular weight excluding hydrogens is 232 g/mol. The van der Waals surface area contributed by atoms with Gasteiger partial charge in [-0.2, -0.15) is 0 Å². The van der Waals surface area contributed by atoms with Crippen molar-refractivity contribution in [3.8, 4) is 0 Å². The molecule has 2 aliphatic carbocycles. The largest absolute Gasteiger partial charge is 0.432 e. The zero-order valence-corrected chi connectivity index (χ0v) is 10.8. The molecule has 4 nitrogen and oxygen atoms in total. The molecule has 2 N–H and O–H groups in total. The number of allylic oxidation sites excluding steroid dienone is 1. The molecule has 0 radical (unpaired) electrons. The number of aliphatic hydroxyl groups excluding tert-OH is 1. The summed E-state index contributed by atoms with van der Waals surface area (Å²) in [5.41, 5.74) is -2.57. The Bertz CT molecular complexity index is 418. The fraction of sp³-hybridized carbons (Fsp3) is 0.786. The lowest BCUT2D eigenvalue weighted by molar-refractivity contribution is -0.168. The standard InChI is InChI=1S/C14H20O4/c1-8-3-4-10-9(7-8)5-6-14(17)12(16)18-11(15)13(10,14)2/h5-6,8-10,12,16-17H,3-4,7H2,1-2H3/t8-,9-,10-,12-,13-,14-/m0/s1. The van der Waals surface area contributed by atoms with Crippen LogP contribution in [-0.2, 0) is 9.53 Å². The van der Waals surface area contributed by atoms with E-state index in [1.165, 1.54) is 0 Å². The highest BCUT2D eigenvalue weighted by molar-refractivity contribution is 5.82. The molecule has 0 unspecified atom stereocenters. The summed E-state index contributed by atoms with van der Waals surface area (Å²) in [6.07, 6.45) is 5.11. The van der Waals surface area contributed by atoms with Crippen LogP contribution in [0.25, 0.3) is 0 Å². The van der Waals surface area contributed by atoms with Crippen LogP contribution in [0.1, 0.15) is 33.1 Å². The van der Waals surface area contributed by atoms with Crippen molar-refractivity contribution in [1.29, 1.82) is 0 Å². The third-order valence-electron chi connectivity index (χ3n) is 5.35. The Morgan fingerprint density at radius 3 is 2.89 bits per heavy atom. The summed E-state index contributed by atoms with van der Waals surface area (Å²) in [7, 11) is 0. The maximum absolute atomic E-state index is 12.1. The number of aliphatic hydroxyl groups is 2. The monoisotopic (exact) mass is 252 g/mol. The van der Waals surface area contributed by atoms with Crippen molar-refractivity contribution < 1.29 is 19.7 Å². The Labute approximate surface area is 107 Å². The van der Waals surface area contributed by atoms with E-state index in [-0.39, 0.29) is 5.92 Å². The Kier molecular flexibility index (Phi) is 2.42. The van der Waals surface area contributed by atoms with Gasteiger partial charge in [0.25, 0.3) is 0 Å². The molecule has 6 atom stereocenters. The quantitative estimate of drug-likeness (QED) is 0.502. The summed E-state index contributed by atoms with van der Waals surface area (Å²) in [5, 5.41) is 20.4. The fourth-order valence-electron chi connectivity index (χ4n) is 4.06. The van der Waals surface area contributed by atoms with Crippen molar-refractivity contribution in [3.05, 3.63) is 12.2 Å². The van der Waals surface area contributed by atoms with E-state index in [0.717, 1.165) is 19.3 Å². The molecule has 100 valence electrons. The molecule has 0 bridgehead atoms. The van der Waals surface area contributed by atoms with Gasteiger partial charge >= 0.3 is 5.97 Å². The number of carbonyl (C=O) groups is 1. The lowest BCUT2D eigenvalue weighted by atomic mass is 9.54. The van der Waals surface area contributed by atoms with Crippen LogP contribution in [-0.4, -0.2) is 28.1 Å². The highest BCUT2D eigenvalue weighted by atomic mass is 16.7. The van der Waals surface area contributed by atoms with E-state index in [2.05, 4.69) is 6.92 Å². The van der Waals surface area contributed by atoms with E-state index < -0.39 is 23.3 Å². The second-order valence-corrected chi connectivity index (χ2v) is 6.33. The number of fused-ring (bicyclic) bond motifs is 3. The summed E-state index contributed by atoms with van der Waals surface area (Å²) in [4.78, 5) is 12.1. The van der Waals surface area contributed by atoms with E-state index in [4.69, 9.17) is 4.74 Å². The van der Waals surface area contributed by atoms with Gasteiger partial charge in [-0.05, 0) is 43.6 Å². The second kappa shape index (κ2) is 3.58. The molecule has 3 aliphatic rings. The summed E-state index contributed by atoms with van der Waals surface area (Å²) >= 11 is 0. The molecule has 18 heavy (non-hydrogen) atoms. The van der Waals surface area contributed by atoms with E-state index in [1.807, 2.05) is 6.08 Å². The molecule has 0 aromatic heterocycles. The molecule has 1 heterocycles. The lowest BCUT2D eigenvalue weighted by Crippen LogP contribution is -2.58. The first kappa shape index (κ1) is 12.2. The van der Waals surface area contributed by atoms with Gasteiger partial charge in [0, 0.05) is 0 Å². The van der Waals surface area contributed by atoms with Crippen LogP contribution in [0.2, 0.25) is 0 Å². The van der Waals surface area contributed by atoms with Crippen LogP contribution < -0.4 is 0 Å². The number of cyclic esters (lactones) is 1. The van der Waals surface area contributed by atoms with Gasteiger partial charge in [-0.1, -0.05) is 19.4 Å². The first-order chi connectivity index (χ1) is 8.39. The van der Waals surface area contributed by atoms with E-state index in [1.54, 1.807) is 13.0 Å². The summed E-state index contributed by atoms with van der Waals surface area (Å²) < 4.78 is 4.91. The van der Waals surface area contributed by atoms with Crippen LogP contribution in [0.5, 0.6) is 0 Å². The zero-order chi connectivity index (χ0) is 13.1. The Balaban J connectivity index is 2.06. The van der Waals surface area contributed by atoms with Crippen molar-refractivity contribution >= 4 is 5.97 Å². The summed E-state index contributed by atoms with van der Waals surface area (Å²) in [6.45, 7) is 3.96. The molecule has 1 saturated heterocycles. The molecule has 0 spiro atoms. The number of esters is 1. The summed E-state index contributed by atoms with van der Waals surface area (Å²) in [6, 6.07) is 0. The number of carbonyl (C=O) groups excluding carboxylic acids is 1. The van der Waals surface area contributed by atoms with Gasteiger partial charge in [0.1, 0.15) is 5.41 Å². The maximum atomic E-state index is 12.1. The molecular formula is C14H20O4. The molecule has 0 amide bonds. The van der Waals surface area contributed by atoms with E-state index >= 15 is 0 Å². The van der Waals surface area contributed by atoms with Crippen molar-refractivity contribution in [2.24, 2.45) is 23.2 Å². The minimum Gasteiger partial charge on any atom is -0.432 e. The third-order valence-corrected chi connectivity index (χ3v) is 5.35. The first-order valence-electron chi connectivity index (χ1n) is 6.70. The maximum Gasteiger partial charge on any atom is 0.318 e. The fourth-order valence-corrected chi connectivity index (χ4v) is 4.06. The highest BCUT2D eigenvalue weighted by Gasteiger charge is 2.69. The number of hydrogen-bond acceptors (Lipinski definition) is 4. The molecule has 3 rings (SSSR count). The Morgan fingerprint density at radius 1 is 1.44 bits per heavy atom. The van der Waals surface area contributed by atoms with Gasteiger partial charge in [0.05, 0.1) is 0 Å². The van der Waals surface area contributed by atoms with Crippen LogP contribution in [0.3, 0.4) is 0 Å². The zero-order valence-electron chi connectivity index (χ0n) is 10.8. The molecule has 1 saturated carbocycles. The van der Waals surface area contributed by atoms with Crippen molar-refractivity contribution in [2.45, 2.75) is 45.0 Å². The van der Waals surface area contributed by atoms with Crippen molar-refractivity contribution in [3.63, 3.8) is 0 Å². The normalized spacial score (nSPS) is 54.8. The van der Waals surface area contributed by atoms with E-state index in [0.29, 0.717) is 11.8 Å². The lowest BCUT2D eigenvalue weighted by Gasteiger charge is -2.49. The predicted molar refractivity (Wildman–Crippen MR) is 64.3 cm³/mol. The van der Waals surface area contributed by atoms with Gasteiger partial charge in [0.15, 0.2) is 5.60 Å². The highest BCUT2D eigenvalue weighted by Crippen LogP contribution is 2.57. The minimum atomic E-state index is -1.56. The second-order valence-electron chi connectivity index (χ2n) is 6.33. The first-order valence-corrected chi connectivity index (χ1v) is 6.70. The van der Waals surface area contributed by atoms with Gasteiger partial charge in [-0.15, -0.1) is 0 Å². The van der Waals surface area contributed by atoms with Gasteiger partial charge in [-0.25, -0.2) is 0 Å². The van der Waals surface area contributed by atoms with Gasteiger partial charge in [0.2, 0.25) is 6.29 Å². The number of rotatable bonds is 0. The minimum absolute atomic E-state index is 0.0633. The smallest absolute Gasteiger partial charge is 0.318 e. The van der Waals surface area contributed by atoms with Crippen LogP contribution in [0.15, 0.2) is 12.2 Å². The average Bonchev–Trinajstić information content (AvgIpc) is 2.50. The number of hydrogen-bond donors (Lipinski definition) is 2. The van der Waals surface area contributed by atoms with Crippen molar-refractivity contribution in [1.82, 2.24) is 0 Å². The van der Waals surface area contributed by atoms with Crippen molar-refractivity contribution in [2.75, 3.05) is 0 Å². The predicted octanol–water partition coefficient (Wildman–Crippen LogP) is 1.22. The molecule has 0 aromatic carbocycles. The molecule has 2 fully saturated rings. The Hall–Kier alpha value is -0.870. The van der Waals surface area contributed by atoms with Gasteiger partial charge < -0.3 is 14.9 Å². The van der Waals surface area contributed by atoms with E-state index in [9.17, 15) is 15.0 Å².